The number of piperidine rings is 1. The van der Waals surface area contributed by atoms with Gasteiger partial charge in [0.1, 0.15) is 5.54 Å². The van der Waals surface area contributed by atoms with Crippen molar-refractivity contribution in [2.24, 2.45) is 0 Å². The summed E-state index contributed by atoms with van der Waals surface area (Å²) in [6.45, 7) is 2.21. The Hall–Kier alpha value is -2.48. The number of aromatic hydroxyl groups is 1. The predicted molar refractivity (Wildman–Crippen MR) is 102 cm³/mol. The number of phenols is 1. The fourth-order valence-electron chi connectivity index (χ4n) is 4.31. The maximum atomic E-state index is 13.4. The highest BCUT2D eigenvalue weighted by atomic mass is 16.5. The number of benzene rings is 1. The van der Waals surface area contributed by atoms with E-state index in [-0.39, 0.29) is 29.1 Å². The molecule has 0 bridgehead atoms. The van der Waals surface area contributed by atoms with Crippen molar-refractivity contribution in [3.8, 4) is 17.2 Å². The van der Waals surface area contributed by atoms with Gasteiger partial charge in [-0.1, -0.05) is 0 Å². The molecule has 3 rings (SSSR count). The molecule has 2 aliphatic rings. The Labute approximate surface area is 165 Å². The number of phenolic OH excluding ortho intramolecular Hbond substituents is 1. The van der Waals surface area contributed by atoms with Gasteiger partial charge < -0.3 is 29.1 Å². The minimum absolute atomic E-state index is 0.000594. The van der Waals surface area contributed by atoms with Crippen molar-refractivity contribution in [1.82, 2.24) is 9.80 Å². The summed E-state index contributed by atoms with van der Waals surface area (Å²) in [5.74, 6) is -0.0900. The van der Waals surface area contributed by atoms with Crippen molar-refractivity contribution in [2.45, 2.75) is 31.2 Å². The van der Waals surface area contributed by atoms with Gasteiger partial charge in [-0.3, -0.25) is 9.59 Å². The van der Waals surface area contributed by atoms with Gasteiger partial charge in [-0.2, -0.15) is 0 Å². The number of hydrogen-bond acceptors (Lipinski definition) is 6. The minimum Gasteiger partial charge on any atom is -0.502 e. The van der Waals surface area contributed by atoms with Crippen molar-refractivity contribution >= 4 is 11.8 Å². The molecule has 8 nitrogen and oxygen atoms in total. The average molecular weight is 392 g/mol. The first-order valence-electron chi connectivity index (χ1n) is 9.53. The fraction of sp³-hybridized carbons (Fsp3) is 0.600. The lowest BCUT2D eigenvalue weighted by Crippen LogP contribution is -2.61. The summed E-state index contributed by atoms with van der Waals surface area (Å²) in [5, 5.41) is 10.1. The second-order valence-electron chi connectivity index (χ2n) is 7.21. The normalized spacial score (nSPS) is 22.0. The largest absolute Gasteiger partial charge is 0.502 e. The molecule has 1 atom stereocenters. The Bertz CT molecular complexity index is 727. The van der Waals surface area contributed by atoms with E-state index in [1.165, 1.54) is 26.4 Å². The van der Waals surface area contributed by atoms with Crippen molar-refractivity contribution in [3.05, 3.63) is 17.7 Å². The minimum atomic E-state index is -0.804. The average Bonchev–Trinajstić information content (AvgIpc) is 3.13. The first-order valence-corrected chi connectivity index (χ1v) is 9.53. The summed E-state index contributed by atoms with van der Waals surface area (Å²) in [6, 6.07) is 2.98. The highest BCUT2D eigenvalue weighted by Crippen LogP contribution is 2.41. The first-order chi connectivity index (χ1) is 13.5. The van der Waals surface area contributed by atoms with Gasteiger partial charge in [-0.25, -0.2) is 0 Å². The molecule has 1 unspecified atom stereocenters. The summed E-state index contributed by atoms with van der Waals surface area (Å²) >= 11 is 0. The Balaban J connectivity index is 1.92. The topological polar surface area (TPSA) is 88.5 Å². The highest BCUT2D eigenvalue weighted by Gasteiger charge is 2.52. The standard InChI is InChI=1S/C20H28N2O6/c1-26-11-10-21-8-4-6-20(19(21)25)7-5-9-22(20)18(24)14-12-15(27-2)17(23)16(13-14)28-3/h12-13,23H,4-11H2,1-3H3. The molecule has 154 valence electrons. The zero-order valence-electron chi connectivity index (χ0n) is 16.7. The van der Waals surface area contributed by atoms with Crippen LogP contribution in [0.25, 0.3) is 0 Å². The van der Waals surface area contributed by atoms with Crippen LogP contribution in [0.15, 0.2) is 12.1 Å². The van der Waals surface area contributed by atoms with Crippen LogP contribution >= 0.6 is 0 Å². The molecule has 1 aromatic rings. The molecule has 1 spiro atoms. The molecule has 2 saturated heterocycles. The summed E-state index contributed by atoms with van der Waals surface area (Å²) in [6.07, 6.45) is 2.95. The number of rotatable bonds is 6. The van der Waals surface area contributed by atoms with Gasteiger partial charge in [0.05, 0.1) is 20.8 Å². The van der Waals surface area contributed by atoms with Crippen LogP contribution in [0.4, 0.5) is 0 Å². The lowest BCUT2D eigenvalue weighted by Gasteiger charge is -2.44. The Morgan fingerprint density at radius 2 is 1.71 bits per heavy atom. The van der Waals surface area contributed by atoms with Crippen molar-refractivity contribution < 1.29 is 28.9 Å². The van der Waals surface area contributed by atoms with Crippen LogP contribution < -0.4 is 9.47 Å². The maximum Gasteiger partial charge on any atom is 0.255 e. The Kier molecular flexibility index (Phi) is 5.98. The number of likely N-dealkylation sites (tertiary alicyclic amines) is 2. The van der Waals surface area contributed by atoms with Crippen molar-refractivity contribution in [2.75, 3.05) is 47.6 Å². The Morgan fingerprint density at radius 3 is 2.29 bits per heavy atom. The lowest BCUT2D eigenvalue weighted by molar-refractivity contribution is -0.146. The number of carbonyl (C=O) groups is 2. The number of hydrogen-bond donors (Lipinski definition) is 1. The van der Waals surface area contributed by atoms with Gasteiger partial charge in [0.15, 0.2) is 11.5 Å². The van der Waals surface area contributed by atoms with Gasteiger partial charge in [0.2, 0.25) is 11.7 Å². The van der Waals surface area contributed by atoms with E-state index >= 15 is 0 Å². The summed E-state index contributed by atoms with van der Waals surface area (Å²) in [4.78, 5) is 30.2. The third-order valence-electron chi connectivity index (χ3n) is 5.73. The summed E-state index contributed by atoms with van der Waals surface area (Å²) in [5.41, 5.74) is -0.476. The quantitative estimate of drug-likeness (QED) is 0.792. The highest BCUT2D eigenvalue weighted by molar-refractivity contribution is 6.00. The van der Waals surface area contributed by atoms with E-state index in [1.807, 2.05) is 0 Å². The molecule has 1 N–H and O–H groups in total. The van der Waals surface area contributed by atoms with E-state index < -0.39 is 5.54 Å². The molecule has 28 heavy (non-hydrogen) atoms. The van der Waals surface area contributed by atoms with Crippen LogP contribution in [0.1, 0.15) is 36.0 Å². The number of nitrogens with zero attached hydrogens (tertiary/aromatic N) is 2. The maximum absolute atomic E-state index is 13.4. The zero-order chi connectivity index (χ0) is 20.3. The smallest absolute Gasteiger partial charge is 0.255 e. The molecule has 1 aromatic carbocycles. The van der Waals surface area contributed by atoms with Crippen LogP contribution in [0, 0.1) is 0 Å². The van der Waals surface area contributed by atoms with Gasteiger partial charge in [-0.15, -0.1) is 0 Å². The van der Waals surface area contributed by atoms with Crippen molar-refractivity contribution in [1.29, 1.82) is 0 Å². The van der Waals surface area contributed by atoms with E-state index in [2.05, 4.69) is 0 Å². The molecule has 0 radical (unpaired) electrons. The summed E-state index contributed by atoms with van der Waals surface area (Å²) in [7, 11) is 4.44. The number of ether oxygens (including phenoxy) is 3. The molecule has 2 fully saturated rings. The second kappa shape index (κ2) is 8.26. The molecule has 2 amide bonds. The van der Waals surface area contributed by atoms with Gasteiger partial charge in [-0.05, 0) is 37.8 Å². The van der Waals surface area contributed by atoms with Crippen LogP contribution in [-0.4, -0.2) is 79.8 Å². The predicted octanol–water partition coefficient (Wildman–Crippen LogP) is 1.65. The molecule has 2 heterocycles. The van der Waals surface area contributed by atoms with Crippen molar-refractivity contribution in [3.63, 3.8) is 0 Å². The third kappa shape index (κ3) is 3.37. The van der Waals surface area contributed by atoms with E-state index in [0.717, 1.165) is 12.8 Å². The molecular weight excluding hydrogens is 364 g/mol. The SMILES string of the molecule is COCCN1CCCC2(CCCN2C(=O)c2cc(OC)c(O)c(OC)c2)C1=O. The van der Waals surface area contributed by atoms with E-state index in [0.29, 0.717) is 44.6 Å². The van der Waals surface area contributed by atoms with E-state index in [1.54, 1.807) is 16.9 Å². The van der Waals surface area contributed by atoms with Crippen LogP contribution in [0.3, 0.4) is 0 Å². The molecule has 2 aliphatic heterocycles. The molecule has 0 aliphatic carbocycles. The fourth-order valence-corrected chi connectivity index (χ4v) is 4.31. The summed E-state index contributed by atoms with van der Waals surface area (Å²) < 4.78 is 15.5. The molecule has 0 aromatic heterocycles. The van der Waals surface area contributed by atoms with Crippen LogP contribution in [0.2, 0.25) is 0 Å². The third-order valence-corrected chi connectivity index (χ3v) is 5.73. The van der Waals surface area contributed by atoms with Crippen LogP contribution in [-0.2, 0) is 9.53 Å². The van der Waals surface area contributed by atoms with E-state index in [4.69, 9.17) is 14.2 Å². The van der Waals surface area contributed by atoms with Gasteiger partial charge in [0.25, 0.3) is 5.91 Å². The van der Waals surface area contributed by atoms with Gasteiger partial charge >= 0.3 is 0 Å². The number of carbonyl (C=O) groups excluding carboxylic acids is 2. The second-order valence-corrected chi connectivity index (χ2v) is 7.21. The zero-order valence-corrected chi connectivity index (χ0v) is 16.7. The molecule has 8 heteroatoms. The van der Waals surface area contributed by atoms with E-state index in [9.17, 15) is 14.7 Å². The van der Waals surface area contributed by atoms with Crippen LogP contribution in [0.5, 0.6) is 17.2 Å². The monoisotopic (exact) mass is 392 g/mol. The van der Waals surface area contributed by atoms with Gasteiger partial charge in [0, 0.05) is 32.3 Å². The lowest BCUT2D eigenvalue weighted by atomic mass is 9.85. The number of amides is 2. The Morgan fingerprint density at radius 1 is 1.11 bits per heavy atom. The molecule has 0 saturated carbocycles. The first kappa shape index (κ1) is 20.3. The number of methoxy groups -OCH3 is 3. The molecular formula is C20H28N2O6.